The molecule has 80 valence electrons. The van der Waals surface area contributed by atoms with Gasteiger partial charge in [-0.25, -0.2) is 0 Å². The van der Waals surface area contributed by atoms with Gasteiger partial charge in [-0.1, -0.05) is 6.07 Å². The van der Waals surface area contributed by atoms with Crippen molar-refractivity contribution < 1.29 is 14.7 Å². The average molecular weight is 208 g/mol. The van der Waals surface area contributed by atoms with Gasteiger partial charge in [0.15, 0.2) is 0 Å². The summed E-state index contributed by atoms with van der Waals surface area (Å²) in [4.78, 5) is 25.4. The molecule has 0 atom stereocenters. The fourth-order valence-corrected chi connectivity index (χ4v) is 1.04. The lowest BCUT2D eigenvalue weighted by Gasteiger charge is -2.02. The van der Waals surface area contributed by atoms with E-state index in [0.717, 1.165) is 0 Å². The van der Waals surface area contributed by atoms with Crippen LogP contribution in [0.4, 0.5) is 0 Å². The first-order valence-electron chi connectivity index (χ1n) is 4.57. The molecular weight excluding hydrogens is 196 g/mol. The van der Waals surface area contributed by atoms with Crippen LogP contribution in [0.1, 0.15) is 12.1 Å². The third-order valence-corrected chi connectivity index (χ3v) is 1.73. The second-order valence-corrected chi connectivity index (χ2v) is 2.99. The van der Waals surface area contributed by atoms with Gasteiger partial charge in [0.05, 0.1) is 12.8 Å². The highest BCUT2D eigenvalue weighted by Gasteiger charge is 2.04. The Morgan fingerprint density at radius 3 is 2.80 bits per heavy atom. The summed E-state index contributed by atoms with van der Waals surface area (Å²) in [5.74, 6) is -1.14. The number of nitrogens with one attached hydrogen (secondary N) is 1. The normalized spacial score (nSPS) is 9.60. The van der Waals surface area contributed by atoms with Gasteiger partial charge >= 0.3 is 5.97 Å². The molecule has 1 amide bonds. The second kappa shape index (κ2) is 5.74. The maximum Gasteiger partial charge on any atom is 0.305 e. The fraction of sp³-hybridized carbons (Fsp3) is 0.300. The van der Waals surface area contributed by atoms with Crippen molar-refractivity contribution in [3.63, 3.8) is 0 Å². The minimum Gasteiger partial charge on any atom is -0.481 e. The molecule has 2 N–H and O–H groups in total. The van der Waals surface area contributed by atoms with Gasteiger partial charge in [0.2, 0.25) is 5.91 Å². The zero-order valence-corrected chi connectivity index (χ0v) is 8.14. The lowest BCUT2D eigenvalue weighted by molar-refractivity contribution is -0.136. The highest BCUT2D eigenvalue weighted by atomic mass is 16.4. The third-order valence-electron chi connectivity index (χ3n) is 1.73. The van der Waals surface area contributed by atoms with Gasteiger partial charge in [0, 0.05) is 18.4 Å². The van der Waals surface area contributed by atoms with Crippen molar-refractivity contribution in [3.8, 4) is 0 Å². The van der Waals surface area contributed by atoms with Crippen LogP contribution in [0.3, 0.4) is 0 Å². The second-order valence-electron chi connectivity index (χ2n) is 2.99. The molecule has 1 aromatic heterocycles. The summed E-state index contributed by atoms with van der Waals surface area (Å²) in [5, 5.41) is 10.9. The molecule has 0 spiro atoms. The Morgan fingerprint density at radius 2 is 2.20 bits per heavy atom. The van der Waals surface area contributed by atoms with Crippen molar-refractivity contribution in [3.05, 3.63) is 30.1 Å². The molecule has 5 heteroatoms. The van der Waals surface area contributed by atoms with Crippen molar-refractivity contribution in [2.45, 2.75) is 12.8 Å². The maximum atomic E-state index is 11.2. The summed E-state index contributed by atoms with van der Waals surface area (Å²) in [6.45, 7) is 0.154. The number of carboxylic acid groups (broad SMARTS) is 1. The van der Waals surface area contributed by atoms with Crippen LogP contribution in [-0.4, -0.2) is 28.5 Å². The summed E-state index contributed by atoms with van der Waals surface area (Å²) in [5.41, 5.74) is 0.672. The number of amides is 1. The molecule has 0 saturated heterocycles. The monoisotopic (exact) mass is 208 g/mol. The van der Waals surface area contributed by atoms with Crippen LogP contribution in [0.25, 0.3) is 0 Å². The van der Waals surface area contributed by atoms with E-state index < -0.39 is 5.97 Å². The summed E-state index contributed by atoms with van der Waals surface area (Å²) in [6, 6.07) is 5.31. The van der Waals surface area contributed by atoms with Gasteiger partial charge in [-0.2, -0.15) is 0 Å². The van der Waals surface area contributed by atoms with E-state index in [2.05, 4.69) is 10.3 Å². The summed E-state index contributed by atoms with van der Waals surface area (Å²) in [6.07, 6.45) is 1.73. The molecule has 0 bridgehead atoms. The van der Waals surface area contributed by atoms with Crippen molar-refractivity contribution >= 4 is 11.9 Å². The maximum absolute atomic E-state index is 11.2. The Morgan fingerprint density at radius 1 is 1.40 bits per heavy atom. The highest BCUT2D eigenvalue weighted by molar-refractivity contribution is 5.78. The third kappa shape index (κ3) is 4.75. The molecule has 5 nitrogen and oxygen atoms in total. The van der Waals surface area contributed by atoms with Crippen LogP contribution in [0, 0.1) is 0 Å². The van der Waals surface area contributed by atoms with E-state index in [9.17, 15) is 9.59 Å². The zero-order chi connectivity index (χ0) is 11.1. The molecule has 1 rings (SSSR count). The number of aliphatic carboxylic acids is 1. The predicted octanol–water partition coefficient (Wildman–Crippen LogP) is 0.215. The number of pyridine rings is 1. The van der Waals surface area contributed by atoms with E-state index in [1.807, 2.05) is 0 Å². The van der Waals surface area contributed by atoms with Crippen molar-refractivity contribution in [2.24, 2.45) is 0 Å². The van der Waals surface area contributed by atoms with E-state index in [1.54, 1.807) is 24.4 Å². The molecule has 1 aromatic rings. The largest absolute Gasteiger partial charge is 0.481 e. The minimum atomic E-state index is -0.923. The minimum absolute atomic E-state index is 0.0615. The van der Waals surface area contributed by atoms with E-state index >= 15 is 0 Å². The first-order valence-corrected chi connectivity index (χ1v) is 4.57. The number of nitrogens with zero attached hydrogens (tertiary/aromatic N) is 1. The van der Waals surface area contributed by atoms with Crippen LogP contribution in [-0.2, 0) is 16.0 Å². The Kier molecular flexibility index (Phi) is 4.28. The number of hydrogen-bond acceptors (Lipinski definition) is 3. The van der Waals surface area contributed by atoms with E-state index in [1.165, 1.54) is 0 Å². The summed E-state index contributed by atoms with van der Waals surface area (Å²) >= 11 is 0. The standard InChI is InChI=1S/C10H12N2O3/c13-9(12-6-4-10(14)15)7-8-3-1-2-5-11-8/h1-3,5H,4,6-7H2,(H,12,13)(H,14,15). The van der Waals surface area contributed by atoms with Crippen LogP contribution in [0.2, 0.25) is 0 Å². The topological polar surface area (TPSA) is 79.3 Å². The smallest absolute Gasteiger partial charge is 0.305 e. The van der Waals surface area contributed by atoms with Crippen LogP contribution >= 0.6 is 0 Å². The number of hydrogen-bond donors (Lipinski definition) is 2. The quantitative estimate of drug-likeness (QED) is 0.725. The van der Waals surface area contributed by atoms with Crippen molar-refractivity contribution in [1.82, 2.24) is 10.3 Å². The average Bonchev–Trinajstić information content (AvgIpc) is 2.18. The SMILES string of the molecule is O=C(O)CCNC(=O)Cc1ccccn1. The van der Waals surface area contributed by atoms with Crippen LogP contribution in [0.5, 0.6) is 0 Å². The molecule has 0 unspecified atom stereocenters. The zero-order valence-electron chi connectivity index (χ0n) is 8.14. The summed E-state index contributed by atoms with van der Waals surface area (Å²) in [7, 11) is 0. The van der Waals surface area contributed by atoms with E-state index in [-0.39, 0.29) is 25.3 Å². The molecule has 0 saturated carbocycles. The van der Waals surface area contributed by atoms with Crippen LogP contribution < -0.4 is 5.32 Å². The van der Waals surface area contributed by atoms with E-state index in [0.29, 0.717) is 5.69 Å². The number of carbonyl (C=O) groups excluding carboxylic acids is 1. The number of carbonyl (C=O) groups is 2. The van der Waals surface area contributed by atoms with Gasteiger partial charge in [0.25, 0.3) is 0 Å². The molecule has 0 aliphatic carbocycles. The molecule has 0 fully saturated rings. The lowest BCUT2D eigenvalue weighted by Crippen LogP contribution is -2.27. The van der Waals surface area contributed by atoms with Gasteiger partial charge in [-0.15, -0.1) is 0 Å². The first-order chi connectivity index (χ1) is 7.18. The molecule has 15 heavy (non-hydrogen) atoms. The molecular formula is C10H12N2O3. The first kappa shape index (κ1) is 11.2. The van der Waals surface area contributed by atoms with E-state index in [4.69, 9.17) is 5.11 Å². The molecule has 1 heterocycles. The molecule has 0 aliphatic heterocycles. The Labute approximate surface area is 87.1 Å². The number of aromatic nitrogens is 1. The highest BCUT2D eigenvalue weighted by Crippen LogP contribution is 1.94. The van der Waals surface area contributed by atoms with Gasteiger partial charge in [-0.05, 0) is 12.1 Å². The Bertz CT molecular complexity index is 338. The molecule has 0 aliphatic rings. The van der Waals surface area contributed by atoms with Crippen molar-refractivity contribution in [1.29, 1.82) is 0 Å². The van der Waals surface area contributed by atoms with Gasteiger partial charge in [-0.3, -0.25) is 14.6 Å². The van der Waals surface area contributed by atoms with Crippen molar-refractivity contribution in [2.75, 3.05) is 6.54 Å². The lowest BCUT2D eigenvalue weighted by atomic mass is 10.2. The summed E-state index contributed by atoms with van der Waals surface area (Å²) < 4.78 is 0. The Balaban J connectivity index is 2.28. The predicted molar refractivity (Wildman–Crippen MR) is 53.2 cm³/mol. The fourth-order valence-electron chi connectivity index (χ4n) is 1.04. The Hall–Kier alpha value is -1.91. The number of carboxylic acids is 1. The molecule has 0 aromatic carbocycles. The van der Waals surface area contributed by atoms with Gasteiger partial charge in [0.1, 0.15) is 0 Å². The van der Waals surface area contributed by atoms with Crippen LogP contribution in [0.15, 0.2) is 24.4 Å². The van der Waals surface area contributed by atoms with Gasteiger partial charge < -0.3 is 10.4 Å². The number of rotatable bonds is 5. The molecule has 0 radical (unpaired) electrons.